The van der Waals surface area contributed by atoms with Gasteiger partial charge in [-0.3, -0.25) is 9.59 Å². The second-order valence-electron chi connectivity index (χ2n) is 6.55. The number of nitrogens with zero attached hydrogens (tertiary/aromatic N) is 3. The first-order chi connectivity index (χ1) is 14.8. The van der Waals surface area contributed by atoms with Gasteiger partial charge in [-0.15, -0.1) is 5.10 Å². The fourth-order valence-electron chi connectivity index (χ4n) is 2.94. The van der Waals surface area contributed by atoms with Crippen LogP contribution in [-0.2, 0) is 9.59 Å². The molecule has 0 aromatic heterocycles. The van der Waals surface area contributed by atoms with Gasteiger partial charge in [-0.05, 0) is 49.4 Å². The van der Waals surface area contributed by atoms with Crippen LogP contribution in [0.5, 0.6) is 11.5 Å². The van der Waals surface area contributed by atoms with Crippen molar-refractivity contribution >= 4 is 40.1 Å². The minimum Gasteiger partial charge on any atom is -0.497 e. The molecule has 2 aromatic carbocycles. The van der Waals surface area contributed by atoms with Crippen LogP contribution in [0.25, 0.3) is 0 Å². The molecule has 1 saturated heterocycles. The smallest absolute Gasteiger partial charge is 0.247 e. The van der Waals surface area contributed by atoms with Crippen LogP contribution < -0.4 is 20.1 Å². The molecule has 8 nitrogen and oxygen atoms in total. The van der Waals surface area contributed by atoms with Crippen molar-refractivity contribution in [2.75, 3.05) is 19.1 Å². The highest BCUT2D eigenvalue weighted by atomic mass is 32.2. The summed E-state index contributed by atoms with van der Waals surface area (Å²) in [6.07, 6.45) is -0.00185. The third-order valence-corrected chi connectivity index (χ3v) is 5.54. The Hall–Kier alpha value is -3.40. The maximum Gasteiger partial charge on any atom is 0.247 e. The summed E-state index contributed by atoms with van der Waals surface area (Å²) in [5.74, 6) is -0.476. The van der Waals surface area contributed by atoms with Gasteiger partial charge in [-0.1, -0.05) is 11.8 Å². The molecule has 10 heteroatoms. The van der Waals surface area contributed by atoms with E-state index in [0.717, 1.165) is 16.7 Å². The number of benzene rings is 2. The number of imide groups is 1. The molecule has 1 unspecified atom stereocenters. The highest BCUT2D eigenvalue weighted by Crippen LogP contribution is 2.30. The molecule has 1 heterocycles. The lowest BCUT2D eigenvalue weighted by atomic mass is 10.1. The van der Waals surface area contributed by atoms with Crippen LogP contribution in [0.3, 0.4) is 0 Å². The van der Waals surface area contributed by atoms with E-state index in [1.807, 2.05) is 0 Å². The molecule has 3 rings (SSSR count). The zero-order valence-electron chi connectivity index (χ0n) is 17.2. The predicted octanol–water partition coefficient (Wildman–Crippen LogP) is 2.95. The minimum atomic E-state index is -0.702. The molecule has 0 spiro atoms. The molecule has 2 aromatic rings. The van der Waals surface area contributed by atoms with Crippen LogP contribution in [0.1, 0.15) is 18.9 Å². The summed E-state index contributed by atoms with van der Waals surface area (Å²) in [4.78, 5) is 26.2. The second-order valence-corrected chi connectivity index (χ2v) is 7.77. The average molecular weight is 444 g/mol. The number of ether oxygens (including phenoxy) is 2. The van der Waals surface area contributed by atoms with Gasteiger partial charge in [0, 0.05) is 12.0 Å². The van der Waals surface area contributed by atoms with Crippen LogP contribution >= 0.6 is 11.8 Å². The number of hydrogen-bond donors (Lipinski definition) is 1. The topological polar surface area (TPSA) is 107 Å². The number of hydrogen-bond acceptors (Lipinski definition) is 7. The van der Waals surface area contributed by atoms with E-state index in [4.69, 9.17) is 15.2 Å². The van der Waals surface area contributed by atoms with E-state index < -0.39 is 11.1 Å². The molecular formula is C21H21FN4O4S. The van der Waals surface area contributed by atoms with Crippen LogP contribution in [0.4, 0.5) is 10.1 Å². The van der Waals surface area contributed by atoms with Gasteiger partial charge < -0.3 is 15.2 Å². The van der Waals surface area contributed by atoms with Crippen molar-refractivity contribution in [2.45, 2.75) is 18.6 Å². The number of rotatable bonds is 6. The van der Waals surface area contributed by atoms with Crippen LogP contribution in [0.15, 0.2) is 52.7 Å². The second kappa shape index (κ2) is 9.61. The Morgan fingerprint density at radius 2 is 1.84 bits per heavy atom. The highest BCUT2D eigenvalue weighted by molar-refractivity contribution is 8.14. The van der Waals surface area contributed by atoms with Gasteiger partial charge in [0.1, 0.15) is 11.0 Å². The van der Waals surface area contributed by atoms with Gasteiger partial charge in [0.05, 0.1) is 25.6 Å². The van der Waals surface area contributed by atoms with E-state index in [9.17, 15) is 14.0 Å². The maximum atomic E-state index is 13.9. The van der Waals surface area contributed by atoms with Gasteiger partial charge in [0.15, 0.2) is 16.7 Å². The third-order valence-electron chi connectivity index (χ3n) is 4.57. The minimum absolute atomic E-state index is 0.00185. The number of carbonyl (C=O) groups is 2. The number of carbonyl (C=O) groups excluding carboxylic acids is 2. The zero-order chi connectivity index (χ0) is 22.5. The SMILES string of the molecule is COc1ccc(N2C(=O)CC(SC(N)=NN=C(C)c3ccc(OC)c(F)c3)C2=O)cc1. The van der Waals surface area contributed by atoms with Gasteiger partial charge in [-0.2, -0.15) is 5.10 Å². The molecule has 1 atom stereocenters. The lowest BCUT2D eigenvalue weighted by Gasteiger charge is -2.15. The first-order valence-corrected chi connectivity index (χ1v) is 10.1. The molecule has 2 N–H and O–H groups in total. The van der Waals surface area contributed by atoms with E-state index in [2.05, 4.69) is 10.2 Å². The fourth-order valence-corrected chi connectivity index (χ4v) is 3.75. The molecule has 1 aliphatic heterocycles. The van der Waals surface area contributed by atoms with Crippen LogP contribution in [0.2, 0.25) is 0 Å². The molecule has 0 radical (unpaired) electrons. The highest BCUT2D eigenvalue weighted by Gasteiger charge is 2.40. The number of amides is 2. The first-order valence-electron chi connectivity index (χ1n) is 9.23. The Bertz CT molecular complexity index is 1060. The fraction of sp³-hybridized carbons (Fsp3) is 0.238. The van der Waals surface area contributed by atoms with E-state index in [0.29, 0.717) is 22.7 Å². The molecule has 0 bridgehead atoms. The lowest BCUT2D eigenvalue weighted by Crippen LogP contribution is -2.31. The van der Waals surface area contributed by atoms with E-state index in [1.54, 1.807) is 37.3 Å². The van der Waals surface area contributed by atoms with Crippen LogP contribution in [0, 0.1) is 5.82 Å². The van der Waals surface area contributed by atoms with Gasteiger partial charge in [-0.25, -0.2) is 9.29 Å². The van der Waals surface area contributed by atoms with Crippen molar-refractivity contribution in [1.29, 1.82) is 0 Å². The summed E-state index contributed by atoms with van der Waals surface area (Å²) >= 11 is 0.961. The molecule has 162 valence electrons. The molecular weight excluding hydrogens is 423 g/mol. The van der Waals surface area contributed by atoms with Crippen molar-refractivity contribution < 1.29 is 23.5 Å². The molecule has 2 amide bonds. The summed E-state index contributed by atoms with van der Waals surface area (Å²) in [7, 11) is 2.91. The Balaban J connectivity index is 1.69. The molecule has 1 fully saturated rings. The normalized spacial score (nSPS) is 17.3. The first kappa shape index (κ1) is 22.3. The van der Waals surface area contributed by atoms with Gasteiger partial charge in [0.2, 0.25) is 11.8 Å². The zero-order valence-corrected chi connectivity index (χ0v) is 18.0. The number of anilines is 1. The van der Waals surface area contributed by atoms with Crippen molar-refractivity contribution in [3.05, 3.63) is 53.8 Å². The van der Waals surface area contributed by atoms with Gasteiger partial charge >= 0.3 is 0 Å². The summed E-state index contributed by atoms with van der Waals surface area (Å²) in [5.41, 5.74) is 7.30. The molecule has 0 saturated carbocycles. The van der Waals surface area contributed by atoms with Crippen molar-refractivity contribution in [1.82, 2.24) is 0 Å². The summed E-state index contributed by atoms with van der Waals surface area (Å²) < 4.78 is 23.8. The predicted molar refractivity (Wildman–Crippen MR) is 118 cm³/mol. The Labute approximate surface area is 182 Å². The van der Waals surface area contributed by atoms with E-state index >= 15 is 0 Å². The Morgan fingerprint density at radius 1 is 1.13 bits per heavy atom. The summed E-state index contributed by atoms with van der Waals surface area (Å²) in [5, 5.41) is 7.23. The standard InChI is InChI=1S/C21H21FN4O4S/c1-12(13-4-9-17(30-3)16(22)10-13)24-25-21(23)31-18-11-19(27)26(20(18)28)14-5-7-15(29-2)8-6-14/h4-10,18H,11H2,1-3H3,(H2,23,25). The number of thioether (sulfide) groups is 1. The molecule has 31 heavy (non-hydrogen) atoms. The largest absolute Gasteiger partial charge is 0.497 e. The van der Waals surface area contributed by atoms with Gasteiger partial charge in [0.25, 0.3) is 0 Å². The summed E-state index contributed by atoms with van der Waals surface area (Å²) in [6, 6.07) is 11.0. The maximum absolute atomic E-state index is 13.9. The summed E-state index contributed by atoms with van der Waals surface area (Å²) in [6.45, 7) is 1.65. The number of halogens is 1. The van der Waals surface area contributed by atoms with Crippen molar-refractivity contribution in [3.63, 3.8) is 0 Å². The molecule has 1 aliphatic rings. The van der Waals surface area contributed by atoms with E-state index in [1.165, 1.54) is 26.4 Å². The lowest BCUT2D eigenvalue weighted by molar-refractivity contribution is -0.121. The van der Waals surface area contributed by atoms with Crippen LogP contribution in [-0.4, -0.2) is 42.2 Å². The average Bonchev–Trinajstić information content (AvgIpc) is 3.04. The number of amidine groups is 1. The third kappa shape index (κ3) is 5.02. The number of nitrogens with two attached hydrogens (primary N) is 1. The monoisotopic (exact) mass is 444 g/mol. The Morgan fingerprint density at radius 3 is 2.45 bits per heavy atom. The van der Waals surface area contributed by atoms with Crippen molar-refractivity contribution in [2.24, 2.45) is 15.9 Å². The van der Waals surface area contributed by atoms with Crippen molar-refractivity contribution in [3.8, 4) is 11.5 Å². The Kier molecular flexibility index (Phi) is 6.91. The van der Waals surface area contributed by atoms with E-state index in [-0.39, 0.29) is 29.2 Å². The quantitative estimate of drug-likeness (QED) is 0.318. The molecule has 0 aliphatic carbocycles. The number of methoxy groups -OCH3 is 2.